The molecule has 2 aromatic carbocycles. The molecule has 0 amide bonds. The molecule has 0 spiro atoms. The molecular weight excluding hydrogens is 323 g/mol. The second-order valence-corrected chi connectivity index (χ2v) is 9.03. The van der Waals surface area contributed by atoms with Crippen LogP contribution in [0.2, 0.25) is 0 Å². The molecule has 0 saturated carbocycles. The minimum absolute atomic E-state index is 0.0114. The average molecular weight is 346 g/mol. The maximum atomic E-state index is 12.7. The van der Waals surface area contributed by atoms with E-state index in [-0.39, 0.29) is 12.3 Å². The van der Waals surface area contributed by atoms with E-state index in [2.05, 4.69) is 0 Å². The van der Waals surface area contributed by atoms with Crippen LogP contribution >= 0.6 is 7.37 Å². The quantitative estimate of drug-likeness (QED) is 0.739. The first-order valence-corrected chi connectivity index (χ1v) is 9.88. The molecule has 0 aliphatic rings. The standard InChI is InChI=1S/C19H23O4P/c1-19(2,16-11-7-4-8-12-16)17(18(20)21)14-24(22,23)13-15-9-5-3-6-10-15/h3-12,17H,13-14H2,1-2H3,(H,20,21)(H,22,23). The smallest absolute Gasteiger partial charge is 0.307 e. The number of rotatable bonds is 7. The van der Waals surface area contributed by atoms with Crippen LogP contribution in [0.3, 0.4) is 0 Å². The number of benzene rings is 2. The summed E-state index contributed by atoms with van der Waals surface area (Å²) in [7, 11) is -3.62. The second kappa shape index (κ2) is 7.33. The van der Waals surface area contributed by atoms with Gasteiger partial charge in [0.15, 0.2) is 0 Å². The maximum absolute atomic E-state index is 12.7. The first-order valence-electron chi connectivity index (χ1n) is 7.85. The minimum Gasteiger partial charge on any atom is -0.481 e. The van der Waals surface area contributed by atoms with Crippen molar-refractivity contribution in [3.63, 3.8) is 0 Å². The van der Waals surface area contributed by atoms with Crippen molar-refractivity contribution in [2.45, 2.75) is 25.4 Å². The van der Waals surface area contributed by atoms with Gasteiger partial charge >= 0.3 is 5.97 Å². The first-order chi connectivity index (χ1) is 11.2. The summed E-state index contributed by atoms with van der Waals surface area (Å²) >= 11 is 0. The van der Waals surface area contributed by atoms with Gasteiger partial charge in [-0.3, -0.25) is 9.36 Å². The summed E-state index contributed by atoms with van der Waals surface area (Å²) in [5.41, 5.74) is 0.837. The SMILES string of the molecule is CC(C)(c1ccccc1)C(CP(=O)(O)Cc1ccccc1)C(=O)O. The van der Waals surface area contributed by atoms with Crippen LogP contribution in [0.1, 0.15) is 25.0 Å². The fourth-order valence-corrected chi connectivity index (χ4v) is 5.00. The van der Waals surface area contributed by atoms with E-state index in [1.807, 2.05) is 50.2 Å². The predicted molar refractivity (Wildman–Crippen MR) is 95.4 cm³/mol. The Bertz CT molecular complexity index is 726. The van der Waals surface area contributed by atoms with Crippen LogP contribution in [0.15, 0.2) is 60.7 Å². The van der Waals surface area contributed by atoms with Crippen LogP contribution in [0.4, 0.5) is 0 Å². The molecule has 24 heavy (non-hydrogen) atoms. The highest BCUT2D eigenvalue weighted by atomic mass is 31.2. The molecule has 2 aromatic rings. The number of carboxylic acid groups (broad SMARTS) is 1. The maximum Gasteiger partial charge on any atom is 0.307 e. The van der Waals surface area contributed by atoms with E-state index in [9.17, 15) is 19.4 Å². The van der Waals surface area contributed by atoms with Crippen LogP contribution in [0.5, 0.6) is 0 Å². The van der Waals surface area contributed by atoms with E-state index in [0.717, 1.165) is 11.1 Å². The summed E-state index contributed by atoms with van der Waals surface area (Å²) in [6.45, 7) is 3.62. The van der Waals surface area contributed by atoms with Crippen molar-refractivity contribution >= 4 is 13.3 Å². The van der Waals surface area contributed by atoms with Gasteiger partial charge in [0.2, 0.25) is 7.37 Å². The molecule has 0 radical (unpaired) electrons. The molecule has 0 bridgehead atoms. The van der Waals surface area contributed by atoms with Gasteiger partial charge in [0.1, 0.15) is 0 Å². The fourth-order valence-electron chi connectivity index (χ4n) is 2.90. The zero-order valence-electron chi connectivity index (χ0n) is 13.9. The molecule has 128 valence electrons. The normalized spacial score (nSPS) is 15.5. The summed E-state index contributed by atoms with van der Waals surface area (Å²) in [5.74, 6) is -1.99. The predicted octanol–water partition coefficient (Wildman–Crippen LogP) is 4.14. The van der Waals surface area contributed by atoms with Crippen LogP contribution in [0.25, 0.3) is 0 Å². The Labute approximate surface area is 142 Å². The highest BCUT2D eigenvalue weighted by Gasteiger charge is 2.41. The summed E-state index contributed by atoms with van der Waals surface area (Å²) in [6, 6.07) is 18.3. The third kappa shape index (κ3) is 4.56. The zero-order valence-corrected chi connectivity index (χ0v) is 14.8. The third-order valence-corrected chi connectivity index (χ3v) is 6.22. The topological polar surface area (TPSA) is 74.6 Å². The number of carboxylic acids is 1. The van der Waals surface area contributed by atoms with Crippen molar-refractivity contribution in [1.29, 1.82) is 0 Å². The Hall–Kier alpha value is -1.90. The summed E-state index contributed by atoms with van der Waals surface area (Å²) in [6.07, 6.45) is -0.262. The molecule has 0 saturated heterocycles. The van der Waals surface area contributed by atoms with E-state index < -0.39 is 24.7 Å². The van der Waals surface area contributed by atoms with E-state index >= 15 is 0 Å². The van der Waals surface area contributed by atoms with Crippen molar-refractivity contribution in [2.75, 3.05) is 6.16 Å². The Morgan fingerprint density at radius 3 is 2.04 bits per heavy atom. The van der Waals surface area contributed by atoms with Crippen molar-refractivity contribution in [3.05, 3.63) is 71.8 Å². The van der Waals surface area contributed by atoms with E-state index in [1.165, 1.54) is 0 Å². The molecule has 2 N–H and O–H groups in total. The molecular formula is C19H23O4P. The fraction of sp³-hybridized carbons (Fsp3) is 0.316. The van der Waals surface area contributed by atoms with E-state index in [4.69, 9.17) is 0 Å². The van der Waals surface area contributed by atoms with Crippen LogP contribution in [0, 0.1) is 5.92 Å². The van der Waals surface area contributed by atoms with Crippen molar-refractivity contribution in [3.8, 4) is 0 Å². The molecule has 0 aliphatic heterocycles. The van der Waals surface area contributed by atoms with Crippen LogP contribution in [-0.2, 0) is 20.9 Å². The number of aliphatic carboxylic acids is 1. The van der Waals surface area contributed by atoms with Gasteiger partial charge in [0, 0.05) is 17.7 Å². The van der Waals surface area contributed by atoms with Gasteiger partial charge in [-0.1, -0.05) is 74.5 Å². The molecule has 0 aliphatic carbocycles. The van der Waals surface area contributed by atoms with Gasteiger partial charge in [0.25, 0.3) is 0 Å². The average Bonchev–Trinajstić information content (AvgIpc) is 2.54. The van der Waals surface area contributed by atoms with Gasteiger partial charge in [-0.2, -0.15) is 0 Å². The zero-order chi connectivity index (χ0) is 17.8. The van der Waals surface area contributed by atoms with Gasteiger partial charge < -0.3 is 10.00 Å². The lowest BCUT2D eigenvalue weighted by molar-refractivity contribution is -0.143. The lowest BCUT2D eigenvalue weighted by atomic mass is 9.74. The molecule has 5 heteroatoms. The summed E-state index contributed by atoms with van der Waals surface area (Å²) < 4.78 is 12.7. The van der Waals surface area contributed by atoms with Gasteiger partial charge in [-0.25, -0.2) is 0 Å². The molecule has 2 unspecified atom stereocenters. The molecule has 4 nitrogen and oxygen atoms in total. The lowest BCUT2D eigenvalue weighted by Gasteiger charge is -2.33. The minimum atomic E-state index is -3.62. The largest absolute Gasteiger partial charge is 0.481 e. The lowest BCUT2D eigenvalue weighted by Crippen LogP contribution is -2.37. The highest BCUT2D eigenvalue weighted by Crippen LogP contribution is 2.49. The third-order valence-electron chi connectivity index (χ3n) is 4.43. The molecule has 0 fully saturated rings. The summed E-state index contributed by atoms with van der Waals surface area (Å²) in [4.78, 5) is 22.2. The van der Waals surface area contributed by atoms with Gasteiger partial charge in [0.05, 0.1) is 5.92 Å². The van der Waals surface area contributed by atoms with Gasteiger partial charge in [-0.05, 0) is 11.1 Å². The molecule has 2 rings (SSSR count). The molecule has 0 aromatic heterocycles. The monoisotopic (exact) mass is 346 g/mol. The molecule has 2 atom stereocenters. The highest BCUT2D eigenvalue weighted by molar-refractivity contribution is 7.57. The Morgan fingerprint density at radius 2 is 1.54 bits per heavy atom. The van der Waals surface area contributed by atoms with Crippen LogP contribution in [-0.4, -0.2) is 22.1 Å². The number of hydrogen-bond acceptors (Lipinski definition) is 2. The number of hydrogen-bond donors (Lipinski definition) is 2. The Morgan fingerprint density at radius 1 is 1.04 bits per heavy atom. The Kier molecular flexibility index (Phi) is 5.63. The second-order valence-electron chi connectivity index (χ2n) is 6.65. The summed E-state index contributed by atoms with van der Waals surface area (Å²) in [5, 5.41) is 9.67. The van der Waals surface area contributed by atoms with Crippen molar-refractivity contribution < 1.29 is 19.4 Å². The van der Waals surface area contributed by atoms with Crippen molar-refractivity contribution in [2.24, 2.45) is 5.92 Å². The van der Waals surface area contributed by atoms with E-state index in [1.54, 1.807) is 24.3 Å². The van der Waals surface area contributed by atoms with Gasteiger partial charge in [-0.15, -0.1) is 0 Å². The molecule has 0 heterocycles. The van der Waals surface area contributed by atoms with E-state index in [0.29, 0.717) is 0 Å². The van der Waals surface area contributed by atoms with Crippen molar-refractivity contribution in [1.82, 2.24) is 0 Å². The van der Waals surface area contributed by atoms with Crippen LogP contribution < -0.4 is 0 Å². The first kappa shape index (κ1) is 18.4. The number of carbonyl (C=O) groups is 1. The Balaban J connectivity index is 2.25.